The van der Waals surface area contributed by atoms with Crippen LogP contribution in [0.4, 0.5) is 0 Å². The fourth-order valence-electron chi connectivity index (χ4n) is 1.97. The van der Waals surface area contributed by atoms with Crippen LogP contribution in [0.3, 0.4) is 0 Å². The van der Waals surface area contributed by atoms with Crippen LogP contribution >= 0.6 is 0 Å². The van der Waals surface area contributed by atoms with Gasteiger partial charge in [0.25, 0.3) is 0 Å². The minimum Gasteiger partial charge on any atom is -0.412 e. The number of likely N-dealkylation sites (N-methyl/N-ethyl adjacent to an activating group) is 1. The van der Waals surface area contributed by atoms with Gasteiger partial charge in [-0.25, -0.2) is 0 Å². The van der Waals surface area contributed by atoms with Crippen LogP contribution < -0.4 is 0 Å². The molecule has 0 atom stereocenters. The van der Waals surface area contributed by atoms with Crippen molar-refractivity contribution >= 4 is 0 Å². The van der Waals surface area contributed by atoms with Crippen molar-refractivity contribution < 1.29 is 5.48 Å². The number of allylic oxidation sites excluding steroid dienone is 1. The van der Waals surface area contributed by atoms with Gasteiger partial charge in [-0.2, -0.15) is 0 Å². The molecular weight excluding hydrogens is 176 g/mol. The van der Waals surface area contributed by atoms with E-state index in [1.54, 1.807) is 0 Å². The number of nitrogens with zero attached hydrogens (tertiary/aromatic N) is 2. The Labute approximate surface area is 86.0 Å². The summed E-state index contributed by atoms with van der Waals surface area (Å²) in [6.45, 7) is 6.89. The molecule has 0 aliphatic carbocycles. The van der Waals surface area contributed by atoms with Gasteiger partial charge < -0.3 is 15.3 Å². The molecule has 2 aliphatic heterocycles. The summed E-state index contributed by atoms with van der Waals surface area (Å²) >= 11 is 0. The SMILES string of the molecule is CCN1C=CC(N2CCCC2)=CC1.O. The Kier molecular flexibility index (Phi) is 4.01. The van der Waals surface area contributed by atoms with Crippen LogP contribution in [0.25, 0.3) is 0 Å². The molecule has 0 aromatic heterocycles. The fourth-order valence-corrected chi connectivity index (χ4v) is 1.97. The molecule has 80 valence electrons. The molecule has 14 heavy (non-hydrogen) atoms. The summed E-state index contributed by atoms with van der Waals surface area (Å²) in [7, 11) is 0. The highest BCUT2D eigenvalue weighted by Gasteiger charge is 2.14. The predicted molar refractivity (Wildman–Crippen MR) is 58.9 cm³/mol. The third-order valence-electron chi connectivity index (χ3n) is 2.87. The van der Waals surface area contributed by atoms with Gasteiger partial charge in [0.1, 0.15) is 0 Å². The topological polar surface area (TPSA) is 38.0 Å². The molecule has 2 aliphatic rings. The first-order valence-electron chi connectivity index (χ1n) is 5.27. The first-order valence-corrected chi connectivity index (χ1v) is 5.27. The maximum absolute atomic E-state index is 2.49. The van der Waals surface area contributed by atoms with Crippen LogP contribution in [-0.2, 0) is 0 Å². The molecule has 2 N–H and O–H groups in total. The lowest BCUT2D eigenvalue weighted by molar-refractivity contribution is 0.396. The average molecular weight is 196 g/mol. The van der Waals surface area contributed by atoms with Crippen LogP contribution in [-0.4, -0.2) is 41.5 Å². The predicted octanol–water partition coefficient (Wildman–Crippen LogP) is 0.991. The molecule has 3 nitrogen and oxygen atoms in total. The molecule has 0 amide bonds. The highest BCUT2D eigenvalue weighted by Crippen LogP contribution is 2.17. The molecular formula is C11H20N2O. The van der Waals surface area contributed by atoms with E-state index in [-0.39, 0.29) is 5.48 Å². The van der Waals surface area contributed by atoms with E-state index in [0.29, 0.717) is 0 Å². The minimum absolute atomic E-state index is 0. The van der Waals surface area contributed by atoms with E-state index in [1.807, 2.05) is 0 Å². The van der Waals surface area contributed by atoms with Crippen molar-refractivity contribution in [2.75, 3.05) is 26.2 Å². The first kappa shape index (κ1) is 11.1. The van der Waals surface area contributed by atoms with Crippen molar-refractivity contribution in [2.24, 2.45) is 0 Å². The molecule has 2 rings (SSSR count). The van der Waals surface area contributed by atoms with Gasteiger partial charge in [0.05, 0.1) is 0 Å². The van der Waals surface area contributed by atoms with E-state index in [1.165, 1.54) is 31.6 Å². The molecule has 0 aromatic carbocycles. The summed E-state index contributed by atoms with van der Waals surface area (Å²) in [6, 6.07) is 0. The molecule has 2 heterocycles. The molecule has 3 heteroatoms. The van der Waals surface area contributed by atoms with Crippen LogP contribution in [0.5, 0.6) is 0 Å². The third-order valence-corrected chi connectivity index (χ3v) is 2.87. The number of hydrogen-bond donors (Lipinski definition) is 0. The fraction of sp³-hybridized carbons (Fsp3) is 0.636. The van der Waals surface area contributed by atoms with E-state index in [4.69, 9.17) is 0 Å². The van der Waals surface area contributed by atoms with Gasteiger partial charge in [0.15, 0.2) is 0 Å². The Bertz CT molecular complexity index is 229. The highest BCUT2D eigenvalue weighted by molar-refractivity contribution is 5.22. The van der Waals surface area contributed by atoms with Gasteiger partial charge >= 0.3 is 0 Å². The first-order chi connectivity index (χ1) is 6.40. The lowest BCUT2D eigenvalue weighted by Crippen LogP contribution is -2.25. The van der Waals surface area contributed by atoms with Crippen LogP contribution in [0, 0.1) is 0 Å². The zero-order chi connectivity index (χ0) is 9.10. The summed E-state index contributed by atoms with van der Waals surface area (Å²) in [6.07, 6.45) is 9.53. The summed E-state index contributed by atoms with van der Waals surface area (Å²) < 4.78 is 0. The molecule has 0 aromatic rings. The second kappa shape index (κ2) is 5.05. The van der Waals surface area contributed by atoms with E-state index >= 15 is 0 Å². The van der Waals surface area contributed by atoms with E-state index in [9.17, 15) is 0 Å². The third kappa shape index (κ3) is 2.29. The Morgan fingerprint density at radius 1 is 1.29 bits per heavy atom. The lowest BCUT2D eigenvalue weighted by atomic mass is 10.2. The Hall–Kier alpha value is -0.960. The summed E-state index contributed by atoms with van der Waals surface area (Å²) in [5.74, 6) is 0. The molecule has 1 saturated heterocycles. The maximum Gasteiger partial charge on any atom is 0.0376 e. The zero-order valence-corrected chi connectivity index (χ0v) is 8.87. The van der Waals surface area contributed by atoms with Gasteiger partial charge in [-0.15, -0.1) is 0 Å². The molecule has 0 saturated carbocycles. The number of hydrogen-bond acceptors (Lipinski definition) is 2. The highest BCUT2D eigenvalue weighted by atomic mass is 16.0. The molecule has 0 spiro atoms. The molecule has 0 radical (unpaired) electrons. The van der Waals surface area contributed by atoms with Crippen molar-refractivity contribution in [2.45, 2.75) is 19.8 Å². The van der Waals surface area contributed by atoms with Gasteiger partial charge in [-0.05, 0) is 31.9 Å². The largest absolute Gasteiger partial charge is 0.412 e. The van der Waals surface area contributed by atoms with Crippen LogP contribution in [0.1, 0.15) is 19.8 Å². The van der Waals surface area contributed by atoms with E-state index < -0.39 is 0 Å². The standard InChI is InChI=1S/C11H18N2.H2O/c1-2-12-9-5-11(6-10-12)13-7-3-4-8-13;/h5-6,9H,2-4,7-8,10H2,1H3;1H2. The van der Waals surface area contributed by atoms with Crippen molar-refractivity contribution in [3.8, 4) is 0 Å². The Morgan fingerprint density at radius 3 is 2.50 bits per heavy atom. The van der Waals surface area contributed by atoms with E-state index in [2.05, 4.69) is 35.1 Å². The second-order valence-corrected chi connectivity index (χ2v) is 3.73. The minimum atomic E-state index is 0. The Balaban J connectivity index is 0.000000980. The van der Waals surface area contributed by atoms with Gasteiger partial charge in [0, 0.05) is 38.1 Å². The van der Waals surface area contributed by atoms with Crippen molar-refractivity contribution in [1.29, 1.82) is 0 Å². The monoisotopic (exact) mass is 196 g/mol. The quantitative estimate of drug-likeness (QED) is 0.660. The summed E-state index contributed by atoms with van der Waals surface area (Å²) in [5.41, 5.74) is 1.43. The van der Waals surface area contributed by atoms with Crippen molar-refractivity contribution in [3.05, 3.63) is 24.0 Å². The Morgan fingerprint density at radius 2 is 2.00 bits per heavy atom. The summed E-state index contributed by atoms with van der Waals surface area (Å²) in [4.78, 5) is 4.81. The second-order valence-electron chi connectivity index (χ2n) is 3.73. The van der Waals surface area contributed by atoms with Crippen LogP contribution in [0.15, 0.2) is 24.0 Å². The average Bonchev–Trinajstić information content (AvgIpc) is 2.71. The zero-order valence-electron chi connectivity index (χ0n) is 8.87. The van der Waals surface area contributed by atoms with E-state index in [0.717, 1.165) is 13.1 Å². The molecule has 1 fully saturated rings. The summed E-state index contributed by atoms with van der Waals surface area (Å²) in [5, 5.41) is 0. The molecule has 0 bridgehead atoms. The number of rotatable bonds is 2. The van der Waals surface area contributed by atoms with Gasteiger partial charge in [-0.3, -0.25) is 0 Å². The smallest absolute Gasteiger partial charge is 0.0376 e. The van der Waals surface area contributed by atoms with Crippen LogP contribution in [0.2, 0.25) is 0 Å². The van der Waals surface area contributed by atoms with Gasteiger partial charge in [0.2, 0.25) is 0 Å². The normalized spacial score (nSPS) is 20.8. The molecule has 0 unspecified atom stereocenters. The number of likely N-dealkylation sites (tertiary alicyclic amines) is 1. The van der Waals surface area contributed by atoms with Gasteiger partial charge in [-0.1, -0.05) is 0 Å². The van der Waals surface area contributed by atoms with Crippen molar-refractivity contribution in [1.82, 2.24) is 9.80 Å². The van der Waals surface area contributed by atoms with Crippen molar-refractivity contribution in [3.63, 3.8) is 0 Å². The lowest BCUT2D eigenvalue weighted by Gasteiger charge is -2.26. The maximum atomic E-state index is 2.49.